The Morgan fingerprint density at radius 2 is 1.81 bits per heavy atom. The predicted molar refractivity (Wildman–Crippen MR) is 138 cm³/mol. The van der Waals surface area contributed by atoms with Crippen LogP contribution in [0.1, 0.15) is 27.0 Å². The third kappa shape index (κ3) is 7.44. The molecular weight excluding hydrogens is 590 g/mol. The number of halogens is 4. The van der Waals surface area contributed by atoms with Crippen LogP contribution in [0.15, 0.2) is 65.8 Å². The van der Waals surface area contributed by atoms with Crippen molar-refractivity contribution in [2.75, 3.05) is 19.0 Å². The topological polar surface area (TPSA) is 89.0 Å². The summed E-state index contributed by atoms with van der Waals surface area (Å²) in [4.78, 5) is 24.4. The van der Waals surface area contributed by atoms with Gasteiger partial charge in [0, 0.05) is 11.3 Å². The fraction of sp³-hybridized carbons (Fsp3) is 0.160. The molecule has 0 aliphatic carbocycles. The lowest BCUT2D eigenvalue weighted by Crippen LogP contribution is -2.20. The fourth-order valence-electron chi connectivity index (χ4n) is 2.99. The number of benzene rings is 3. The second kappa shape index (κ2) is 11.9. The van der Waals surface area contributed by atoms with Crippen LogP contribution >= 0.6 is 22.6 Å². The van der Waals surface area contributed by atoms with E-state index in [9.17, 15) is 22.8 Å². The van der Waals surface area contributed by atoms with Gasteiger partial charge >= 0.3 is 6.18 Å². The third-order valence-corrected chi connectivity index (χ3v) is 5.57. The van der Waals surface area contributed by atoms with Crippen LogP contribution in [0.5, 0.6) is 11.5 Å². The van der Waals surface area contributed by atoms with Crippen LogP contribution in [0.25, 0.3) is 0 Å². The van der Waals surface area contributed by atoms with Gasteiger partial charge in [-0.2, -0.15) is 18.3 Å². The molecule has 7 nitrogen and oxygen atoms in total. The molecule has 3 rings (SSSR count). The average Bonchev–Trinajstić information content (AvgIpc) is 2.84. The number of carbonyl (C=O) groups is 2. The van der Waals surface area contributed by atoms with Gasteiger partial charge in [0.2, 0.25) is 0 Å². The third-order valence-electron chi connectivity index (χ3n) is 4.77. The van der Waals surface area contributed by atoms with Crippen molar-refractivity contribution in [1.82, 2.24) is 5.43 Å². The normalized spacial score (nSPS) is 11.3. The lowest BCUT2D eigenvalue weighted by atomic mass is 10.1. The van der Waals surface area contributed by atoms with Crippen molar-refractivity contribution in [2.45, 2.75) is 13.1 Å². The first-order chi connectivity index (χ1) is 17.1. The maximum Gasteiger partial charge on any atom is 0.416 e. The van der Waals surface area contributed by atoms with Crippen LogP contribution in [0, 0.1) is 10.5 Å². The highest BCUT2D eigenvalue weighted by molar-refractivity contribution is 14.1. The lowest BCUT2D eigenvalue weighted by Gasteiger charge is -2.13. The summed E-state index contributed by atoms with van der Waals surface area (Å²) < 4.78 is 50.2. The average molecular weight is 611 g/mol. The van der Waals surface area contributed by atoms with Gasteiger partial charge in [0.25, 0.3) is 11.8 Å². The molecule has 0 bridgehead atoms. The molecule has 2 N–H and O–H groups in total. The smallest absolute Gasteiger partial charge is 0.416 e. The zero-order chi connectivity index (χ0) is 26.3. The van der Waals surface area contributed by atoms with Crippen LogP contribution in [0.3, 0.4) is 0 Å². The molecule has 0 aromatic heterocycles. The number of rotatable bonds is 8. The standard InChI is InChI=1S/C25H21F3IN3O4/c1-15-6-8-19(9-7-15)31-22(33)14-36-23-20(29)10-16(11-21(23)35-2)13-30-32-24(34)17-4-3-5-18(12-17)25(26,27)28/h3-13H,14H2,1-2H3,(H,31,33)(H,32,34)/b30-13-. The van der Waals surface area contributed by atoms with E-state index in [1.165, 1.54) is 19.4 Å². The first kappa shape index (κ1) is 27.0. The summed E-state index contributed by atoms with van der Waals surface area (Å²) in [5.74, 6) is -0.462. The summed E-state index contributed by atoms with van der Waals surface area (Å²) in [5, 5.41) is 6.55. The molecule has 0 unspecified atom stereocenters. The molecule has 3 aromatic rings. The molecule has 0 atom stereocenters. The fourth-order valence-corrected chi connectivity index (χ4v) is 3.77. The first-order valence-electron chi connectivity index (χ1n) is 10.4. The van der Waals surface area contributed by atoms with Gasteiger partial charge in [-0.15, -0.1) is 0 Å². The Balaban J connectivity index is 1.63. The molecule has 11 heteroatoms. The van der Waals surface area contributed by atoms with Crippen LogP contribution < -0.4 is 20.2 Å². The Morgan fingerprint density at radius 3 is 2.47 bits per heavy atom. The highest BCUT2D eigenvalue weighted by atomic mass is 127. The molecule has 0 saturated carbocycles. The van der Waals surface area contributed by atoms with Gasteiger partial charge in [-0.3, -0.25) is 9.59 Å². The molecule has 188 valence electrons. The summed E-state index contributed by atoms with van der Waals surface area (Å²) in [5.41, 5.74) is 3.34. The van der Waals surface area contributed by atoms with E-state index in [-0.39, 0.29) is 18.1 Å². The van der Waals surface area contributed by atoms with Gasteiger partial charge in [-0.05, 0) is 77.5 Å². The number of hydrogen-bond donors (Lipinski definition) is 2. The number of nitrogens with one attached hydrogen (secondary N) is 2. The number of hydrazone groups is 1. The summed E-state index contributed by atoms with van der Waals surface area (Å²) in [6.07, 6.45) is -3.25. The minimum absolute atomic E-state index is 0.179. The summed E-state index contributed by atoms with van der Waals surface area (Å²) in [6.45, 7) is 1.70. The predicted octanol–water partition coefficient (Wildman–Crippen LogP) is 5.41. The Hall–Kier alpha value is -3.61. The van der Waals surface area contributed by atoms with Gasteiger partial charge < -0.3 is 14.8 Å². The van der Waals surface area contributed by atoms with Gasteiger partial charge in [-0.25, -0.2) is 5.43 Å². The number of hydrogen-bond acceptors (Lipinski definition) is 5. The molecule has 0 fully saturated rings. The maximum atomic E-state index is 12.9. The van der Waals surface area contributed by atoms with E-state index < -0.39 is 17.6 Å². The summed E-state index contributed by atoms with van der Waals surface area (Å²) in [7, 11) is 1.43. The van der Waals surface area contributed by atoms with Crippen molar-refractivity contribution in [3.8, 4) is 11.5 Å². The highest BCUT2D eigenvalue weighted by Gasteiger charge is 2.30. The Bertz CT molecular complexity index is 1280. The number of alkyl halides is 3. The molecular formula is C25H21F3IN3O4. The zero-order valence-electron chi connectivity index (χ0n) is 19.2. The molecule has 0 spiro atoms. The summed E-state index contributed by atoms with van der Waals surface area (Å²) in [6, 6.07) is 14.6. The van der Waals surface area contributed by atoms with Gasteiger partial charge in [0.1, 0.15) is 0 Å². The van der Waals surface area contributed by atoms with Crippen LogP contribution in [0.4, 0.5) is 18.9 Å². The van der Waals surface area contributed by atoms with Crippen LogP contribution in [-0.4, -0.2) is 31.7 Å². The van der Waals surface area contributed by atoms with Gasteiger partial charge in [-0.1, -0.05) is 23.8 Å². The van der Waals surface area contributed by atoms with E-state index in [0.29, 0.717) is 26.3 Å². The number of methoxy groups -OCH3 is 1. The number of amides is 2. The minimum atomic E-state index is -4.56. The Labute approximate surface area is 218 Å². The number of aryl methyl sites for hydroxylation is 1. The highest BCUT2D eigenvalue weighted by Crippen LogP contribution is 2.33. The van der Waals surface area contributed by atoms with E-state index in [2.05, 4.69) is 15.8 Å². The molecule has 36 heavy (non-hydrogen) atoms. The number of nitrogens with zero attached hydrogens (tertiary/aromatic N) is 1. The number of anilines is 1. The van der Waals surface area contributed by atoms with E-state index in [4.69, 9.17) is 9.47 Å². The number of carbonyl (C=O) groups excluding carboxylic acids is 2. The van der Waals surface area contributed by atoms with Crippen molar-refractivity contribution in [3.63, 3.8) is 0 Å². The number of ether oxygens (including phenoxy) is 2. The maximum absolute atomic E-state index is 12.9. The molecule has 3 aromatic carbocycles. The molecule has 2 amide bonds. The van der Waals surface area contributed by atoms with Gasteiger partial charge in [0.05, 0.1) is 22.5 Å². The van der Waals surface area contributed by atoms with E-state index in [1.54, 1.807) is 24.3 Å². The molecule has 0 aliphatic rings. The van der Waals surface area contributed by atoms with E-state index >= 15 is 0 Å². The van der Waals surface area contributed by atoms with E-state index in [1.807, 2.05) is 41.6 Å². The van der Waals surface area contributed by atoms with Crippen molar-refractivity contribution in [2.24, 2.45) is 5.10 Å². The second-order valence-corrected chi connectivity index (χ2v) is 8.68. The second-order valence-electron chi connectivity index (χ2n) is 7.51. The molecule has 0 saturated heterocycles. The molecule has 0 heterocycles. The lowest BCUT2D eigenvalue weighted by molar-refractivity contribution is -0.137. The SMILES string of the molecule is COc1cc(/C=N\NC(=O)c2cccc(C(F)(F)F)c2)cc(I)c1OCC(=O)Nc1ccc(C)cc1. The van der Waals surface area contributed by atoms with Crippen LogP contribution in [-0.2, 0) is 11.0 Å². The largest absolute Gasteiger partial charge is 0.493 e. The summed E-state index contributed by atoms with van der Waals surface area (Å²) >= 11 is 2.00. The van der Waals surface area contributed by atoms with Crippen molar-refractivity contribution < 1.29 is 32.2 Å². The monoisotopic (exact) mass is 611 g/mol. The van der Waals surface area contributed by atoms with Crippen molar-refractivity contribution in [1.29, 1.82) is 0 Å². The first-order valence-corrected chi connectivity index (χ1v) is 11.5. The molecule has 0 aliphatic heterocycles. The van der Waals surface area contributed by atoms with Crippen LogP contribution in [0.2, 0.25) is 0 Å². The zero-order valence-corrected chi connectivity index (χ0v) is 21.3. The Morgan fingerprint density at radius 1 is 1.08 bits per heavy atom. The van der Waals surface area contributed by atoms with Crippen molar-refractivity contribution >= 4 is 46.3 Å². The van der Waals surface area contributed by atoms with Gasteiger partial charge in [0.15, 0.2) is 18.1 Å². The quantitative estimate of drug-likeness (QED) is 0.203. The Kier molecular flexibility index (Phi) is 8.91. The molecule has 0 radical (unpaired) electrons. The minimum Gasteiger partial charge on any atom is -0.493 e. The van der Waals surface area contributed by atoms with E-state index in [0.717, 1.165) is 23.8 Å². The van der Waals surface area contributed by atoms with Crippen molar-refractivity contribution in [3.05, 3.63) is 86.5 Å².